The molecule has 0 fully saturated rings. The van der Waals surface area contributed by atoms with Gasteiger partial charge in [-0.05, 0) is 31.2 Å². The van der Waals surface area contributed by atoms with Gasteiger partial charge in [-0.3, -0.25) is 0 Å². The van der Waals surface area contributed by atoms with Gasteiger partial charge in [0.1, 0.15) is 12.4 Å². The highest BCUT2D eigenvalue weighted by Gasteiger charge is 2.15. The smallest absolute Gasteiger partial charge is 0.204 e. The van der Waals surface area contributed by atoms with Gasteiger partial charge < -0.3 is 29.3 Å². The molecule has 25 heavy (non-hydrogen) atoms. The van der Waals surface area contributed by atoms with Crippen LogP contribution in [0.15, 0.2) is 47.1 Å². The van der Waals surface area contributed by atoms with E-state index in [0.717, 1.165) is 16.8 Å². The molecule has 0 spiro atoms. The average Bonchev–Trinajstić information content (AvgIpc) is 3.21. The third-order valence-corrected chi connectivity index (χ3v) is 3.74. The second-order valence-electron chi connectivity index (χ2n) is 6.01. The number of nitrogens with zero attached hydrogens (tertiary/aromatic N) is 2. The van der Waals surface area contributed by atoms with Crippen molar-refractivity contribution in [1.29, 1.82) is 0 Å². The number of hydrogen-bond acceptors (Lipinski definition) is 6. The Labute approximate surface area is 145 Å². The molecule has 0 saturated carbocycles. The Morgan fingerprint density at radius 1 is 1.24 bits per heavy atom. The van der Waals surface area contributed by atoms with Crippen molar-refractivity contribution in [2.45, 2.75) is 32.3 Å². The number of ether oxygens (including phenoxy) is 1. The van der Waals surface area contributed by atoms with Crippen LogP contribution in [0.3, 0.4) is 0 Å². The molecule has 2 aromatic heterocycles. The first-order valence-electron chi connectivity index (χ1n) is 8.29. The third-order valence-electron chi connectivity index (χ3n) is 3.74. The van der Waals surface area contributed by atoms with Gasteiger partial charge >= 0.3 is 0 Å². The summed E-state index contributed by atoms with van der Waals surface area (Å²) in [5, 5.41) is 22.9. The van der Waals surface area contributed by atoms with Crippen LogP contribution < -0.4 is 5.32 Å². The van der Waals surface area contributed by atoms with Gasteiger partial charge in [-0.1, -0.05) is 12.1 Å². The Morgan fingerprint density at radius 3 is 2.84 bits per heavy atom. The van der Waals surface area contributed by atoms with Crippen molar-refractivity contribution in [2.75, 3.05) is 18.5 Å². The summed E-state index contributed by atoms with van der Waals surface area (Å²) in [6, 6.07) is 11.3. The van der Waals surface area contributed by atoms with Crippen molar-refractivity contribution in [2.24, 2.45) is 0 Å². The van der Waals surface area contributed by atoms with Gasteiger partial charge in [0.25, 0.3) is 0 Å². The van der Waals surface area contributed by atoms with Crippen LogP contribution in [0.4, 0.5) is 5.95 Å². The highest BCUT2D eigenvalue weighted by molar-refractivity contribution is 5.78. The quantitative estimate of drug-likeness (QED) is 0.549. The molecule has 0 aliphatic heterocycles. The number of furan rings is 1. The normalized spacial score (nSPS) is 13.9. The van der Waals surface area contributed by atoms with Crippen LogP contribution >= 0.6 is 0 Å². The van der Waals surface area contributed by atoms with E-state index in [0.29, 0.717) is 25.6 Å². The second-order valence-corrected chi connectivity index (χ2v) is 6.01. The Balaban J connectivity index is 1.66. The molecule has 0 radical (unpaired) electrons. The number of rotatable bonds is 9. The Hall–Kier alpha value is -2.35. The van der Waals surface area contributed by atoms with Gasteiger partial charge in [-0.2, -0.15) is 0 Å². The summed E-state index contributed by atoms with van der Waals surface area (Å²) in [5.41, 5.74) is 1.75. The highest BCUT2D eigenvalue weighted by Crippen LogP contribution is 2.20. The number of aliphatic hydroxyl groups excluding tert-OH is 2. The predicted molar refractivity (Wildman–Crippen MR) is 94.3 cm³/mol. The largest absolute Gasteiger partial charge is 0.467 e. The molecule has 7 heteroatoms. The summed E-state index contributed by atoms with van der Waals surface area (Å²) in [6.07, 6.45) is 0.404. The van der Waals surface area contributed by atoms with E-state index in [4.69, 9.17) is 9.15 Å². The minimum absolute atomic E-state index is 0.184. The van der Waals surface area contributed by atoms with E-state index in [-0.39, 0.29) is 6.61 Å². The number of para-hydroxylation sites is 2. The number of hydrogen-bond donors (Lipinski definition) is 3. The number of anilines is 1. The van der Waals surface area contributed by atoms with E-state index in [1.165, 1.54) is 0 Å². The van der Waals surface area contributed by atoms with Crippen LogP contribution in [0.25, 0.3) is 11.0 Å². The fourth-order valence-electron chi connectivity index (χ4n) is 2.59. The molecule has 1 aromatic carbocycles. The average molecular weight is 345 g/mol. The maximum atomic E-state index is 10.3. The number of aliphatic hydroxyl groups is 2. The molecule has 0 bridgehead atoms. The van der Waals surface area contributed by atoms with Gasteiger partial charge in [-0.15, -0.1) is 0 Å². The third kappa shape index (κ3) is 4.60. The molecule has 0 saturated heterocycles. The van der Waals surface area contributed by atoms with Crippen molar-refractivity contribution in [3.05, 3.63) is 48.4 Å². The Morgan fingerprint density at radius 2 is 2.08 bits per heavy atom. The summed E-state index contributed by atoms with van der Waals surface area (Å²) in [4.78, 5) is 4.53. The lowest BCUT2D eigenvalue weighted by atomic mass is 10.3. The van der Waals surface area contributed by atoms with Crippen LogP contribution in [-0.2, 0) is 17.9 Å². The lowest BCUT2D eigenvalue weighted by molar-refractivity contribution is 0.0154. The van der Waals surface area contributed by atoms with Crippen molar-refractivity contribution in [1.82, 2.24) is 9.55 Å². The number of nitrogens with one attached hydrogen (secondary N) is 1. The van der Waals surface area contributed by atoms with E-state index in [1.54, 1.807) is 19.3 Å². The summed E-state index contributed by atoms with van der Waals surface area (Å²) < 4.78 is 12.6. The zero-order chi connectivity index (χ0) is 17.6. The Kier molecular flexibility index (Phi) is 5.70. The first-order chi connectivity index (χ1) is 12.1. The number of aromatic nitrogens is 2. The molecule has 3 rings (SSSR count). The first kappa shape index (κ1) is 17.5. The molecule has 0 aliphatic carbocycles. The Bertz CT molecular complexity index is 783. The van der Waals surface area contributed by atoms with Crippen molar-refractivity contribution < 1.29 is 19.4 Å². The molecular weight excluding hydrogens is 322 g/mol. The number of fused-ring (bicyclic) bond motifs is 1. The molecule has 0 unspecified atom stereocenters. The molecule has 3 N–H and O–H groups in total. The topological polar surface area (TPSA) is 92.7 Å². The van der Waals surface area contributed by atoms with Gasteiger partial charge in [0.05, 0.1) is 42.7 Å². The summed E-state index contributed by atoms with van der Waals surface area (Å²) in [6.45, 7) is 2.93. The van der Waals surface area contributed by atoms with Crippen LogP contribution in [-0.4, -0.2) is 45.1 Å². The first-order valence-corrected chi connectivity index (χ1v) is 8.29. The van der Waals surface area contributed by atoms with Crippen molar-refractivity contribution >= 4 is 17.0 Å². The second kappa shape index (κ2) is 8.15. The standard InChI is InChI=1S/C18H23N3O4/c1-13(22)9-19-18-20-16-6-2-3-7-17(16)21(18)10-14(23)11-24-12-15-5-4-8-25-15/h2-8,13-14,22-23H,9-12H2,1H3,(H,19,20)/t13-,14-/m0/s1. The van der Waals surface area contributed by atoms with E-state index in [1.807, 2.05) is 34.9 Å². The summed E-state index contributed by atoms with van der Waals surface area (Å²) >= 11 is 0. The lowest BCUT2D eigenvalue weighted by Gasteiger charge is -2.16. The van der Waals surface area contributed by atoms with Gasteiger partial charge in [0.15, 0.2) is 0 Å². The maximum Gasteiger partial charge on any atom is 0.204 e. The zero-order valence-electron chi connectivity index (χ0n) is 14.1. The molecule has 134 valence electrons. The van der Waals surface area contributed by atoms with E-state index in [9.17, 15) is 10.2 Å². The minimum atomic E-state index is -0.695. The lowest BCUT2D eigenvalue weighted by Crippen LogP contribution is -2.24. The van der Waals surface area contributed by atoms with Gasteiger partial charge in [0, 0.05) is 6.54 Å². The van der Waals surface area contributed by atoms with E-state index in [2.05, 4.69) is 10.3 Å². The SMILES string of the molecule is C[C@H](O)CNc1nc2ccccc2n1C[C@H](O)COCc1ccco1. The minimum Gasteiger partial charge on any atom is -0.467 e. The summed E-state index contributed by atoms with van der Waals surface area (Å²) in [5.74, 6) is 1.34. The van der Waals surface area contributed by atoms with Crippen LogP contribution in [0.5, 0.6) is 0 Å². The van der Waals surface area contributed by atoms with Crippen LogP contribution in [0.1, 0.15) is 12.7 Å². The fraction of sp³-hybridized carbons (Fsp3) is 0.389. The molecule has 3 aromatic rings. The molecule has 2 heterocycles. The predicted octanol–water partition coefficient (Wildman–Crippen LogP) is 2.00. The van der Waals surface area contributed by atoms with Crippen molar-refractivity contribution in [3.8, 4) is 0 Å². The van der Waals surface area contributed by atoms with Gasteiger partial charge in [-0.25, -0.2) is 4.98 Å². The molecular formula is C18H23N3O4. The molecule has 2 atom stereocenters. The van der Waals surface area contributed by atoms with Crippen LogP contribution in [0.2, 0.25) is 0 Å². The van der Waals surface area contributed by atoms with Crippen molar-refractivity contribution in [3.63, 3.8) is 0 Å². The molecule has 0 aliphatic rings. The van der Waals surface area contributed by atoms with Crippen LogP contribution in [0, 0.1) is 0 Å². The fourth-order valence-corrected chi connectivity index (χ4v) is 2.59. The van der Waals surface area contributed by atoms with E-state index < -0.39 is 12.2 Å². The van der Waals surface area contributed by atoms with Gasteiger partial charge in [0.2, 0.25) is 5.95 Å². The maximum absolute atomic E-state index is 10.3. The summed E-state index contributed by atoms with van der Waals surface area (Å²) in [7, 11) is 0. The zero-order valence-corrected chi connectivity index (χ0v) is 14.1. The molecule has 7 nitrogen and oxygen atoms in total. The number of imidazole rings is 1. The highest BCUT2D eigenvalue weighted by atomic mass is 16.5. The monoisotopic (exact) mass is 345 g/mol. The van der Waals surface area contributed by atoms with E-state index >= 15 is 0 Å². The molecule has 0 amide bonds. The number of benzene rings is 1.